The molecule has 0 saturated heterocycles. The van der Waals surface area contributed by atoms with E-state index in [9.17, 15) is 4.79 Å². The maximum atomic E-state index is 11.5. The Hall–Kier alpha value is -3.19. The van der Waals surface area contributed by atoms with Crippen LogP contribution in [0.3, 0.4) is 0 Å². The van der Waals surface area contributed by atoms with Gasteiger partial charge in [-0.25, -0.2) is 4.98 Å². The molecule has 0 aliphatic rings. The topological polar surface area (TPSA) is 69.9 Å². The van der Waals surface area contributed by atoms with Crippen molar-refractivity contribution in [1.82, 2.24) is 19.7 Å². The molecule has 0 saturated carbocycles. The van der Waals surface area contributed by atoms with E-state index in [-0.39, 0.29) is 11.7 Å². The first-order valence-corrected chi connectivity index (χ1v) is 10.3. The predicted octanol–water partition coefficient (Wildman–Crippen LogP) is 4.45. The molecule has 2 aromatic heterocycles. The normalized spacial score (nSPS) is 11.0. The summed E-state index contributed by atoms with van der Waals surface area (Å²) in [7, 11) is 1.38. The number of rotatable bonds is 6. The lowest BCUT2D eigenvalue weighted by Gasteiger charge is -2.11. The summed E-state index contributed by atoms with van der Waals surface area (Å²) in [5.41, 5.74) is 3.79. The Morgan fingerprint density at radius 2 is 1.83 bits per heavy atom. The molecule has 4 rings (SSSR count). The maximum absolute atomic E-state index is 11.5. The van der Waals surface area contributed by atoms with Gasteiger partial charge in [0.25, 0.3) is 0 Å². The van der Waals surface area contributed by atoms with Crippen molar-refractivity contribution in [2.45, 2.75) is 18.6 Å². The molecule has 0 amide bonds. The van der Waals surface area contributed by atoms with Crippen molar-refractivity contribution in [2.75, 3.05) is 12.9 Å². The van der Waals surface area contributed by atoms with Crippen LogP contribution in [0.2, 0.25) is 0 Å². The van der Waals surface area contributed by atoms with E-state index >= 15 is 0 Å². The molecule has 0 bridgehead atoms. The standard InChI is InChI=1S/C22H20N4O2S/c1-3-26-21(24-25-22(26)29-14-20(27)28-2)17-13-19(15-9-5-4-6-10-15)23-18-12-8-7-11-16(17)18/h4-13H,3,14H2,1-2H3. The van der Waals surface area contributed by atoms with Crippen LogP contribution >= 0.6 is 11.8 Å². The summed E-state index contributed by atoms with van der Waals surface area (Å²) in [6.07, 6.45) is 0. The number of nitrogens with zero attached hydrogens (tertiary/aromatic N) is 4. The molecule has 4 aromatic rings. The van der Waals surface area contributed by atoms with E-state index in [1.54, 1.807) is 0 Å². The fourth-order valence-corrected chi connectivity index (χ4v) is 4.01. The van der Waals surface area contributed by atoms with E-state index in [0.29, 0.717) is 11.7 Å². The Balaban J connectivity index is 1.85. The van der Waals surface area contributed by atoms with E-state index < -0.39 is 0 Å². The maximum Gasteiger partial charge on any atom is 0.316 e. The van der Waals surface area contributed by atoms with Gasteiger partial charge in [0, 0.05) is 23.1 Å². The summed E-state index contributed by atoms with van der Waals surface area (Å²) in [5.74, 6) is 0.666. The molecule has 0 unspecified atom stereocenters. The molecule has 2 heterocycles. The smallest absolute Gasteiger partial charge is 0.316 e. The second kappa shape index (κ2) is 8.45. The molecule has 6 nitrogen and oxygen atoms in total. The number of hydrogen-bond donors (Lipinski definition) is 0. The van der Waals surface area contributed by atoms with E-state index in [1.165, 1.54) is 18.9 Å². The minimum atomic E-state index is -0.289. The molecule has 2 aromatic carbocycles. The summed E-state index contributed by atoms with van der Waals surface area (Å²) in [6.45, 7) is 2.72. The van der Waals surface area contributed by atoms with Crippen LogP contribution in [0.15, 0.2) is 65.8 Å². The van der Waals surface area contributed by atoms with Crippen molar-refractivity contribution < 1.29 is 9.53 Å². The summed E-state index contributed by atoms with van der Waals surface area (Å²) in [6, 6.07) is 20.2. The van der Waals surface area contributed by atoms with E-state index in [2.05, 4.69) is 16.3 Å². The van der Waals surface area contributed by atoms with Crippen molar-refractivity contribution in [3.63, 3.8) is 0 Å². The Kier molecular flexibility index (Phi) is 5.57. The van der Waals surface area contributed by atoms with Gasteiger partial charge in [-0.05, 0) is 19.1 Å². The summed E-state index contributed by atoms with van der Waals surface area (Å²) < 4.78 is 6.75. The van der Waals surface area contributed by atoms with Gasteiger partial charge >= 0.3 is 5.97 Å². The van der Waals surface area contributed by atoms with Crippen molar-refractivity contribution >= 4 is 28.6 Å². The third-order valence-electron chi connectivity index (χ3n) is 4.61. The highest BCUT2D eigenvalue weighted by atomic mass is 32.2. The van der Waals surface area contributed by atoms with E-state index in [1.807, 2.05) is 66.1 Å². The molecular formula is C22H20N4O2S. The number of para-hydroxylation sites is 1. The summed E-state index contributed by atoms with van der Waals surface area (Å²) in [4.78, 5) is 16.4. The number of thioether (sulfide) groups is 1. The van der Waals surface area contributed by atoms with Gasteiger partial charge in [0.05, 0.1) is 24.1 Å². The first-order valence-electron chi connectivity index (χ1n) is 9.29. The average Bonchev–Trinajstić information content (AvgIpc) is 3.20. The second-order valence-corrected chi connectivity index (χ2v) is 7.30. The summed E-state index contributed by atoms with van der Waals surface area (Å²) >= 11 is 1.32. The fraction of sp³-hybridized carbons (Fsp3) is 0.182. The van der Waals surface area contributed by atoms with Crippen LogP contribution in [-0.4, -0.2) is 38.6 Å². The van der Waals surface area contributed by atoms with Gasteiger partial charge in [-0.3, -0.25) is 4.79 Å². The number of esters is 1. The molecular weight excluding hydrogens is 384 g/mol. The number of methoxy groups -OCH3 is 1. The minimum absolute atomic E-state index is 0.195. The van der Waals surface area contributed by atoms with Gasteiger partial charge in [-0.15, -0.1) is 10.2 Å². The lowest BCUT2D eigenvalue weighted by atomic mass is 10.0. The van der Waals surface area contributed by atoms with Crippen LogP contribution in [-0.2, 0) is 16.1 Å². The van der Waals surface area contributed by atoms with Crippen LogP contribution in [0, 0.1) is 0 Å². The van der Waals surface area contributed by atoms with Crippen LogP contribution < -0.4 is 0 Å². The number of benzene rings is 2. The van der Waals surface area contributed by atoms with Gasteiger partial charge in [0.2, 0.25) is 0 Å². The van der Waals surface area contributed by atoms with Gasteiger partial charge in [-0.1, -0.05) is 60.3 Å². The minimum Gasteiger partial charge on any atom is -0.468 e. The fourth-order valence-electron chi connectivity index (χ4n) is 3.18. The Morgan fingerprint density at radius 3 is 2.59 bits per heavy atom. The zero-order valence-electron chi connectivity index (χ0n) is 16.2. The van der Waals surface area contributed by atoms with Crippen LogP contribution in [0.5, 0.6) is 0 Å². The number of fused-ring (bicyclic) bond motifs is 1. The molecule has 0 radical (unpaired) electrons. The van der Waals surface area contributed by atoms with Gasteiger partial charge in [0.1, 0.15) is 0 Å². The van der Waals surface area contributed by atoms with E-state index in [4.69, 9.17) is 9.72 Å². The highest BCUT2D eigenvalue weighted by molar-refractivity contribution is 7.99. The van der Waals surface area contributed by atoms with Gasteiger partial charge in [0.15, 0.2) is 11.0 Å². The number of ether oxygens (including phenoxy) is 1. The van der Waals surface area contributed by atoms with Crippen molar-refractivity contribution in [3.8, 4) is 22.6 Å². The van der Waals surface area contributed by atoms with Crippen LogP contribution in [0.1, 0.15) is 6.92 Å². The number of carbonyl (C=O) groups is 1. The largest absolute Gasteiger partial charge is 0.468 e. The van der Waals surface area contributed by atoms with Crippen LogP contribution in [0.4, 0.5) is 0 Å². The molecule has 0 fully saturated rings. The zero-order valence-corrected chi connectivity index (χ0v) is 17.0. The first-order chi connectivity index (χ1) is 14.2. The molecule has 7 heteroatoms. The molecule has 0 spiro atoms. The van der Waals surface area contributed by atoms with Gasteiger partial charge < -0.3 is 9.30 Å². The lowest BCUT2D eigenvalue weighted by molar-refractivity contribution is -0.137. The molecule has 0 aliphatic heterocycles. The Morgan fingerprint density at radius 1 is 1.07 bits per heavy atom. The third-order valence-corrected chi connectivity index (χ3v) is 5.55. The third kappa shape index (κ3) is 3.86. The lowest BCUT2D eigenvalue weighted by Crippen LogP contribution is -2.06. The molecule has 0 N–H and O–H groups in total. The van der Waals surface area contributed by atoms with Crippen molar-refractivity contribution in [1.29, 1.82) is 0 Å². The molecule has 29 heavy (non-hydrogen) atoms. The van der Waals surface area contributed by atoms with Crippen molar-refractivity contribution in [2.24, 2.45) is 0 Å². The van der Waals surface area contributed by atoms with Gasteiger partial charge in [-0.2, -0.15) is 0 Å². The Bertz CT molecular complexity index is 1160. The molecule has 0 atom stereocenters. The SMILES string of the molecule is CCn1c(SCC(=O)OC)nnc1-c1cc(-c2ccccc2)nc2ccccc12. The highest BCUT2D eigenvalue weighted by Gasteiger charge is 2.18. The zero-order chi connectivity index (χ0) is 20.2. The Labute approximate surface area is 172 Å². The number of carbonyl (C=O) groups excluding carboxylic acids is 1. The van der Waals surface area contributed by atoms with E-state index in [0.717, 1.165) is 33.5 Å². The average molecular weight is 404 g/mol. The molecule has 0 aliphatic carbocycles. The highest BCUT2D eigenvalue weighted by Crippen LogP contribution is 2.32. The number of aromatic nitrogens is 4. The first kappa shape index (κ1) is 19.1. The second-order valence-electron chi connectivity index (χ2n) is 6.35. The number of hydrogen-bond acceptors (Lipinski definition) is 6. The predicted molar refractivity (Wildman–Crippen MR) is 115 cm³/mol. The van der Waals surface area contributed by atoms with Crippen molar-refractivity contribution in [3.05, 3.63) is 60.7 Å². The number of pyridine rings is 1. The van der Waals surface area contributed by atoms with Crippen LogP contribution in [0.25, 0.3) is 33.5 Å². The monoisotopic (exact) mass is 404 g/mol. The molecule has 146 valence electrons. The quantitative estimate of drug-likeness (QED) is 0.349. The summed E-state index contributed by atoms with van der Waals surface area (Å²) in [5, 5.41) is 10.5.